The van der Waals surface area contributed by atoms with Crippen molar-refractivity contribution in [3.8, 4) is 0 Å². The number of hydrogen-bond donors (Lipinski definition) is 1. The molecule has 0 aliphatic heterocycles. The predicted octanol–water partition coefficient (Wildman–Crippen LogP) is 4.32. The molecule has 1 aliphatic rings. The van der Waals surface area contributed by atoms with Crippen LogP contribution in [-0.2, 0) is 6.42 Å². The molecule has 2 N–H and O–H groups in total. The molecule has 0 heterocycles. The summed E-state index contributed by atoms with van der Waals surface area (Å²) in [7, 11) is 0. The van der Waals surface area contributed by atoms with E-state index in [0.29, 0.717) is 17.0 Å². The fourth-order valence-electron chi connectivity index (χ4n) is 2.89. The normalized spacial score (nSPS) is 28.3. The van der Waals surface area contributed by atoms with Crippen molar-refractivity contribution in [2.24, 2.45) is 11.7 Å². The molecule has 100 valence electrons. The lowest BCUT2D eigenvalue weighted by Crippen LogP contribution is -2.45. The lowest BCUT2D eigenvalue weighted by molar-refractivity contribution is 0.227. The van der Waals surface area contributed by atoms with Crippen molar-refractivity contribution < 1.29 is 4.39 Å². The van der Waals surface area contributed by atoms with Crippen LogP contribution in [0.15, 0.2) is 18.2 Å². The van der Waals surface area contributed by atoms with Gasteiger partial charge in [0.15, 0.2) is 0 Å². The molecule has 1 aromatic carbocycles. The maximum atomic E-state index is 13.8. The monoisotopic (exact) mass is 269 g/mol. The summed E-state index contributed by atoms with van der Waals surface area (Å²) in [5.74, 6) is 0.558. The Morgan fingerprint density at radius 2 is 2.06 bits per heavy atom. The van der Waals surface area contributed by atoms with Gasteiger partial charge in [-0.05, 0) is 50.2 Å². The molecule has 1 nitrogen and oxygen atoms in total. The molecule has 18 heavy (non-hydrogen) atoms. The Bertz CT molecular complexity index is 391. The Morgan fingerprint density at radius 3 is 2.61 bits per heavy atom. The van der Waals surface area contributed by atoms with E-state index in [1.807, 2.05) is 0 Å². The number of nitrogens with two attached hydrogens (primary N) is 1. The molecule has 0 radical (unpaired) electrons. The second-order valence-corrected chi connectivity index (χ2v) is 6.00. The van der Waals surface area contributed by atoms with Crippen LogP contribution in [0.5, 0.6) is 0 Å². The highest BCUT2D eigenvalue weighted by molar-refractivity contribution is 6.31. The van der Waals surface area contributed by atoms with Gasteiger partial charge in [0.05, 0.1) is 0 Å². The smallest absolute Gasteiger partial charge is 0.127 e. The van der Waals surface area contributed by atoms with Gasteiger partial charge in [0.2, 0.25) is 0 Å². The largest absolute Gasteiger partial charge is 0.325 e. The Balaban J connectivity index is 2.09. The second-order valence-electron chi connectivity index (χ2n) is 5.59. The van der Waals surface area contributed by atoms with E-state index in [1.165, 1.54) is 12.5 Å². The van der Waals surface area contributed by atoms with Gasteiger partial charge in [-0.25, -0.2) is 4.39 Å². The molecule has 0 saturated heterocycles. The van der Waals surface area contributed by atoms with E-state index < -0.39 is 0 Å². The van der Waals surface area contributed by atoms with Crippen LogP contribution in [0.2, 0.25) is 5.02 Å². The van der Waals surface area contributed by atoms with Crippen molar-refractivity contribution in [1.82, 2.24) is 0 Å². The topological polar surface area (TPSA) is 26.0 Å². The minimum Gasteiger partial charge on any atom is -0.325 e. The first-order valence-corrected chi connectivity index (χ1v) is 7.13. The standard InChI is InChI=1S/C15H21ClFN/c1-2-11-6-8-15(18,9-7-11)10-12-13(16)4-3-5-14(12)17/h3-5,11H,2,6-10,18H2,1H3. The average molecular weight is 270 g/mol. The van der Waals surface area contributed by atoms with Crippen molar-refractivity contribution in [2.75, 3.05) is 0 Å². The van der Waals surface area contributed by atoms with Crippen LogP contribution in [0, 0.1) is 11.7 Å². The molecule has 1 fully saturated rings. The Hall–Kier alpha value is -0.600. The Morgan fingerprint density at radius 1 is 1.39 bits per heavy atom. The van der Waals surface area contributed by atoms with Crippen LogP contribution in [0.4, 0.5) is 4.39 Å². The summed E-state index contributed by atoms with van der Waals surface area (Å²) >= 11 is 6.07. The number of hydrogen-bond acceptors (Lipinski definition) is 1. The second kappa shape index (κ2) is 5.58. The van der Waals surface area contributed by atoms with Crippen LogP contribution >= 0.6 is 11.6 Å². The van der Waals surface area contributed by atoms with Crippen molar-refractivity contribution in [3.63, 3.8) is 0 Å². The SMILES string of the molecule is CCC1CCC(N)(Cc2c(F)cccc2Cl)CC1. The van der Waals surface area contributed by atoms with E-state index >= 15 is 0 Å². The fraction of sp³-hybridized carbons (Fsp3) is 0.600. The van der Waals surface area contributed by atoms with Gasteiger partial charge in [0.25, 0.3) is 0 Å². The van der Waals surface area contributed by atoms with Crippen molar-refractivity contribution in [2.45, 2.75) is 51.0 Å². The highest BCUT2D eigenvalue weighted by Crippen LogP contribution is 2.35. The zero-order valence-electron chi connectivity index (χ0n) is 10.9. The lowest BCUT2D eigenvalue weighted by atomic mass is 9.73. The van der Waals surface area contributed by atoms with Crippen LogP contribution < -0.4 is 5.73 Å². The first-order chi connectivity index (χ1) is 8.54. The molecule has 1 saturated carbocycles. The van der Waals surface area contributed by atoms with Crippen LogP contribution in [0.3, 0.4) is 0 Å². The van der Waals surface area contributed by atoms with E-state index in [9.17, 15) is 4.39 Å². The van der Waals surface area contributed by atoms with Gasteiger partial charge in [-0.3, -0.25) is 0 Å². The Labute approximate surface area is 114 Å². The summed E-state index contributed by atoms with van der Waals surface area (Å²) in [6, 6.07) is 4.83. The molecule has 2 rings (SSSR count). The maximum Gasteiger partial charge on any atom is 0.127 e. The maximum absolute atomic E-state index is 13.8. The van der Waals surface area contributed by atoms with Crippen LogP contribution in [0.1, 0.15) is 44.6 Å². The van der Waals surface area contributed by atoms with Gasteiger partial charge >= 0.3 is 0 Å². The molecule has 0 unspecified atom stereocenters. The molecule has 0 atom stereocenters. The van der Waals surface area contributed by atoms with Gasteiger partial charge in [0.1, 0.15) is 5.82 Å². The van der Waals surface area contributed by atoms with Crippen molar-refractivity contribution >= 4 is 11.6 Å². The minimum atomic E-state index is -0.280. The highest BCUT2D eigenvalue weighted by Gasteiger charge is 2.32. The number of halogens is 2. The molecule has 0 amide bonds. The zero-order chi connectivity index (χ0) is 13.2. The fourth-order valence-corrected chi connectivity index (χ4v) is 3.12. The summed E-state index contributed by atoms with van der Waals surface area (Å²) in [5, 5.41) is 0.498. The first-order valence-electron chi connectivity index (χ1n) is 6.76. The summed E-state index contributed by atoms with van der Waals surface area (Å²) < 4.78 is 13.8. The van der Waals surface area contributed by atoms with Gasteiger partial charge in [-0.15, -0.1) is 0 Å². The number of benzene rings is 1. The molecular weight excluding hydrogens is 249 g/mol. The van der Waals surface area contributed by atoms with E-state index in [0.717, 1.165) is 31.6 Å². The molecule has 0 bridgehead atoms. The van der Waals surface area contributed by atoms with E-state index in [-0.39, 0.29) is 11.4 Å². The molecule has 0 aromatic heterocycles. The third-order valence-corrected chi connectivity index (χ3v) is 4.62. The minimum absolute atomic E-state index is 0.232. The van der Waals surface area contributed by atoms with E-state index in [1.54, 1.807) is 12.1 Å². The first kappa shape index (κ1) is 13.8. The predicted molar refractivity (Wildman–Crippen MR) is 74.3 cm³/mol. The van der Waals surface area contributed by atoms with Gasteiger partial charge < -0.3 is 5.73 Å². The van der Waals surface area contributed by atoms with E-state index in [2.05, 4.69) is 6.92 Å². The third kappa shape index (κ3) is 3.04. The molecule has 1 aliphatic carbocycles. The Kier molecular flexibility index (Phi) is 4.29. The molecule has 1 aromatic rings. The summed E-state index contributed by atoms with van der Waals surface area (Å²) in [5.41, 5.74) is 6.72. The number of rotatable bonds is 3. The van der Waals surface area contributed by atoms with Gasteiger partial charge in [-0.2, -0.15) is 0 Å². The van der Waals surface area contributed by atoms with Crippen molar-refractivity contribution in [3.05, 3.63) is 34.6 Å². The summed E-state index contributed by atoms with van der Waals surface area (Å²) in [6.07, 6.45) is 6.01. The quantitative estimate of drug-likeness (QED) is 0.869. The lowest BCUT2D eigenvalue weighted by Gasteiger charge is -2.37. The highest BCUT2D eigenvalue weighted by atomic mass is 35.5. The van der Waals surface area contributed by atoms with Gasteiger partial charge in [0, 0.05) is 16.1 Å². The zero-order valence-corrected chi connectivity index (χ0v) is 11.6. The third-order valence-electron chi connectivity index (χ3n) is 4.27. The molecule has 0 spiro atoms. The van der Waals surface area contributed by atoms with E-state index in [4.69, 9.17) is 17.3 Å². The summed E-state index contributed by atoms with van der Waals surface area (Å²) in [4.78, 5) is 0. The van der Waals surface area contributed by atoms with Gasteiger partial charge in [-0.1, -0.05) is 31.0 Å². The molecular formula is C15H21ClFN. The summed E-state index contributed by atoms with van der Waals surface area (Å²) in [6.45, 7) is 2.22. The molecule has 3 heteroatoms. The average Bonchev–Trinajstić information content (AvgIpc) is 2.35. The van der Waals surface area contributed by atoms with Crippen molar-refractivity contribution in [1.29, 1.82) is 0 Å². The van der Waals surface area contributed by atoms with Crippen LogP contribution in [0.25, 0.3) is 0 Å². The van der Waals surface area contributed by atoms with Crippen LogP contribution in [-0.4, -0.2) is 5.54 Å².